The van der Waals surface area contributed by atoms with Gasteiger partial charge in [0.15, 0.2) is 17.3 Å². The van der Waals surface area contributed by atoms with Crippen LogP contribution in [0, 0.1) is 5.92 Å². The first-order valence-electron chi connectivity index (χ1n) is 10.7. The number of benzene rings is 1. The van der Waals surface area contributed by atoms with Gasteiger partial charge >= 0.3 is 6.03 Å². The van der Waals surface area contributed by atoms with Crippen molar-refractivity contribution in [3.63, 3.8) is 0 Å². The van der Waals surface area contributed by atoms with Crippen molar-refractivity contribution in [1.82, 2.24) is 15.0 Å². The van der Waals surface area contributed by atoms with Crippen molar-refractivity contribution in [2.45, 2.75) is 44.1 Å². The molecule has 1 saturated carbocycles. The quantitative estimate of drug-likeness (QED) is 0.683. The highest BCUT2D eigenvalue weighted by Crippen LogP contribution is 2.46. The van der Waals surface area contributed by atoms with Crippen molar-refractivity contribution in [2.24, 2.45) is 5.92 Å². The van der Waals surface area contributed by atoms with Gasteiger partial charge in [0.2, 0.25) is 0 Å². The zero-order chi connectivity index (χ0) is 21.8. The van der Waals surface area contributed by atoms with E-state index in [9.17, 15) is 4.79 Å². The van der Waals surface area contributed by atoms with Crippen LogP contribution in [-0.4, -0.2) is 55.5 Å². The molecule has 0 spiro atoms. The summed E-state index contributed by atoms with van der Waals surface area (Å²) in [5, 5.41) is 7.24. The number of piperidine rings is 1. The van der Waals surface area contributed by atoms with E-state index in [4.69, 9.17) is 18.7 Å². The molecule has 1 aromatic carbocycles. The van der Waals surface area contributed by atoms with E-state index >= 15 is 0 Å². The number of ether oxygens (including phenoxy) is 3. The predicted octanol–water partition coefficient (Wildman–Crippen LogP) is 3.60. The third-order valence-corrected chi connectivity index (χ3v) is 6.23. The van der Waals surface area contributed by atoms with E-state index in [0.717, 1.165) is 31.0 Å². The summed E-state index contributed by atoms with van der Waals surface area (Å²) in [5.74, 6) is 3.17. The Morgan fingerprint density at radius 2 is 1.94 bits per heavy atom. The number of hydrogen-bond donors (Lipinski definition) is 1. The number of likely N-dealkylation sites (tertiary alicyclic amines) is 1. The molecule has 1 aromatic heterocycles. The van der Waals surface area contributed by atoms with Crippen LogP contribution in [0.4, 0.5) is 10.5 Å². The minimum absolute atomic E-state index is 0.125. The molecular weight excluding hydrogens is 400 g/mol. The second-order valence-corrected chi connectivity index (χ2v) is 8.36. The molecule has 2 aliphatic rings. The maximum Gasteiger partial charge on any atom is 0.321 e. The SMILES string of the molecule is COCc1nc(C2(CC3CC3)CCN(C(=O)Nc3ccc(OC)c(OC)c3)CC2)no1. The summed E-state index contributed by atoms with van der Waals surface area (Å²) in [7, 11) is 4.77. The third-order valence-electron chi connectivity index (χ3n) is 6.23. The molecule has 9 nitrogen and oxygen atoms in total. The number of carbonyl (C=O) groups excluding carboxylic acids is 1. The van der Waals surface area contributed by atoms with E-state index in [0.29, 0.717) is 42.8 Å². The van der Waals surface area contributed by atoms with Crippen LogP contribution in [0.15, 0.2) is 22.7 Å². The third kappa shape index (κ3) is 4.76. The van der Waals surface area contributed by atoms with Crippen molar-refractivity contribution < 1.29 is 23.5 Å². The molecule has 9 heteroatoms. The molecule has 1 aliphatic carbocycles. The predicted molar refractivity (Wildman–Crippen MR) is 113 cm³/mol. The number of amides is 2. The maximum absolute atomic E-state index is 12.9. The summed E-state index contributed by atoms with van der Waals surface area (Å²) >= 11 is 0. The number of anilines is 1. The fourth-order valence-electron chi connectivity index (χ4n) is 4.30. The molecule has 0 radical (unpaired) electrons. The van der Waals surface area contributed by atoms with E-state index in [1.807, 2.05) is 4.90 Å². The first-order chi connectivity index (χ1) is 15.1. The Balaban J connectivity index is 1.42. The summed E-state index contributed by atoms with van der Waals surface area (Å²) in [6.07, 6.45) is 5.19. The van der Waals surface area contributed by atoms with Crippen molar-refractivity contribution in [1.29, 1.82) is 0 Å². The average molecular weight is 431 g/mol. The highest BCUT2D eigenvalue weighted by Gasteiger charge is 2.44. The summed E-state index contributed by atoms with van der Waals surface area (Å²) in [4.78, 5) is 19.3. The fourth-order valence-corrected chi connectivity index (χ4v) is 4.30. The summed E-state index contributed by atoms with van der Waals surface area (Å²) in [5.41, 5.74) is 0.524. The lowest BCUT2D eigenvalue weighted by molar-refractivity contribution is 0.148. The van der Waals surface area contributed by atoms with Gasteiger partial charge in [0, 0.05) is 37.4 Å². The van der Waals surface area contributed by atoms with Gasteiger partial charge in [-0.1, -0.05) is 18.0 Å². The largest absolute Gasteiger partial charge is 0.493 e. The Morgan fingerprint density at radius 1 is 1.19 bits per heavy atom. The lowest BCUT2D eigenvalue weighted by atomic mass is 9.73. The fraction of sp³-hybridized carbons (Fsp3) is 0.591. The zero-order valence-electron chi connectivity index (χ0n) is 18.3. The van der Waals surface area contributed by atoms with Gasteiger partial charge in [-0.2, -0.15) is 4.98 Å². The molecule has 31 heavy (non-hydrogen) atoms. The van der Waals surface area contributed by atoms with Crippen molar-refractivity contribution in [3.05, 3.63) is 29.9 Å². The van der Waals surface area contributed by atoms with Gasteiger partial charge in [0.05, 0.1) is 14.2 Å². The lowest BCUT2D eigenvalue weighted by Crippen LogP contribution is -2.47. The summed E-state index contributed by atoms with van der Waals surface area (Å²) in [6, 6.07) is 5.21. The number of methoxy groups -OCH3 is 3. The smallest absolute Gasteiger partial charge is 0.321 e. The summed E-state index contributed by atoms with van der Waals surface area (Å²) < 4.78 is 21.1. The molecule has 2 fully saturated rings. The van der Waals surface area contributed by atoms with Crippen LogP contribution >= 0.6 is 0 Å². The van der Waals surface area contributed by atoms with Gasteiger partial charge in [-0.15, -0.1) is 0 Å². The highest BCUT2D eigenvalue weighted by atomic mass is 16.5. The molecule has 0 unspecified atom stereocenters. The highest BCUT2D eigenvalue weighted by molar-refractivity contribution is 5.89. The number of carbonyl (C=O) groups is 1. The van der Waals surface area contributed by atoms with Crippen LogP contribution < -0.4 is 14.8 Å². The number of rotatable bonds is 8. The number of hydrogen-bond acceptors (Lipinski definition) is 7. The molecule has 1 N–H and O–H groups in total. The Hall–Kier alpha value is -2.81. The van der Waals surface area contributed by atoms with E-state index in [-0.39, 0.29) is 11.4 Å². The van der Waals surface area contributed by atoms with Crippen LogP contribution in [-0.2, 0) is 16.8 Å². The molecule has 2 aromatic rings. The summed E-state index contributed by atoms with van der Waals surface area (Å²) in [6.45, 7) is 1.59. The van der Waals surface area contributed by atoms with Crippen molar-refractivity contribution in [3.8, 4) is 11.5 Å². The Morgan fingerprint density at radius 3 is 2.58 bits per heavy atom. The van der Waals surface area contributed by atoms with E-state index in [2.05, 4.69) is 15.5 Å². The molecule has 4 rings (SSSR count). The molecular formula is C22H30N4O5. The minimum atomic E-state index is -0.142. The van der Waals surface area contributed by atoms with E-state index < -0.39 is 0 Å². The maximum atomic E-state index is 12.9. The molecule has 168 valence electrons. The molecule has 1 saturated heterocycles. The average Bonchev–Trinajstić information content (AvgIpc) is 3.47. The number of nitrogens with zero attached hydrogens (tertiary/aromatic N) is 3. The van der Waals surface area contributed by atoms with Gasteiger partial charge in [0.1, 0.15) is 6.61 Å². The van der Waals surface area contributed by atoms with E-state index in [1.54, 1.807) is 39.5 Å². The van der Waals surface area contributed by atoms with Crippen molar-refractivity contribution >= 4 is 11.7 Å². The first-order valence-corrected chi connectivity index (χ1v) is 10.7. The standard InChI is InChI=1S/C22H30N4O5/c1-28-14-19-24-20(25-31-19)22(13-15-4-5-15)8-10-26(11-9-22)21(27)23-16-6-7-17(29-2)18(12-16)30-3/h6-7,12,15H,4-5,8-11,13-14H2,1-3H3,(H,23,27). The normalized spacial score (nSPS) is 18.0. The monoisotopic (exact) mass is 430 g/mol. The molecule has 2 amide bonds. The first kappa shape index (κ1) is 21.4. The van der Waals surface area contributed by atoms with Crippen LogP contribution in [0.25, 0.3) is 0 Å². The van der Waals surface area contributed by atoms with Crippen molar-refractivity contribution in [2.75, 3.05) is 39.7 Å². The van der Waals surface area contributed by atoms with Gasteiger partial charge < -0.3 is 29.0 Å². The molecule has 0 bridgehead atoms. The Kier molecular flexibility index (Phi) is 6.31. The van der Waals surface area contributed by atoms with Gasteiger partial charge in [-0.25, -0.2) is 4.79 Å². The zero-order valence-corrected chi connectivity index (χ0v) is 18.3. The van der Waals surface area contributed by atoms with Crippen LogP contribution in [0.5, 0.6) is 11.5 Å². The van der Waals surface area contributed by atoms with Gasteiger partial charge in [-0.3, -0.25) is 0 Å². The van der Waals surface area contributed by atoms with Gasteiger partial charge in [0.25, 0.3) is 5.89 Å². The van der Waals surface area contributed by atoms with Crippen LogP contribution in [0.3, 0.4) is 0 Å². The molecule has 1 aliphatic heterocycles. The molecule has 0 atom stereocenters. The lowest BCUT2D eigenvalue weighted by Gasteiger charge is -2.40. The minimum Gasteiger partial charge on any atom is -0.493 e. The van der Waals surface area contributed by atoms with Crippen LogP contribution in [0.1, 0.15) is 43.8 Å². The second-order valence-electron chi connectivity index (χ2n) is 8.36. The Bertz CT molecular complexity index is 903. The number of urea groups is 1. The topological polar surface area (TPSA) is 99.0 Å². The second kappa shape index (κ2) is 9.13. The molecule has 2 heterocycles. The number of nitrogens with one attached hydrogen (secondary N) is 1. The van der Waals surface area contributed by atoms with E-state index in [1.165, 1.54) is 12.8 Å². The van der Waals surface area contributed by atoms with Crippen LogP contribution in [0.2, 0.25) is 0 Å². The van der Waals surface area contributed by atoms with Gasteiger partial charge in [-0.05, 0) is 37.3 Å². The number of aromatic nitrogens is 2. The Labute approximate surface area is 182 Å².